The minimum atomic E-state index is 0.0712. The normalized spacial score (nSPS) is 10.1. The number of nitrogens with zero attached hydrogens (tertiary/aromatic N) is 2. The largest absolute Gasteiger partial charge is 0.691 e. The van der Waals surface area contributed by atoms with Crippen molar-refractivity contribution in [2.75, 3.05) is 18.2 Å². The predicted octanol–water partition coefficient (Wildman–Crippen LogP) is 0.918. The number of ether oxygens (including phenoxy) is 1. The summed E-state index contributed by atoms with van der Waals surface area (Å²) in [7, 11) is 1.62. The van der Waals surface area contributed by atoms with Crippen LogP contribution in [0.1, 0.15) is 5.56 Å². The number of methoxy groups -OCH3 is 1. The standard InChI is InChI=1S/C12H14N4O2/c1-18-10-4-2-3-9(7-10)8-14-12-6-5-11(13)16(17)15-12/h2-7H,8,13H2,1H3,(H,14,15). The number of rotatable bonds is 4. The van der Waals surface area contributed by atoms with Crippen LogP contribution in [0.15, 0.2) is 36.4 Å². The lowest BCUT2D eigenvalue weighted by Crippen LogP contribution is -2.35. The maximum Gasteiger partial charge on any atom is 0.296 e. The van der Waals surface area contributed by atoms with Crippen LogP contribution >= 0.6 is 0 Å². The Kier molecular flexibility index (Phi) is 3.47. The third kappa shape index (κ3) is 2.79. The maximum absolute atomic E-state index is 11.2. The molecule has 3 N–H and O–H groups in total. The third-order valence-electron chi connectivity index (χ3n) is 2.44. The van der Waals surface area contributed by atoms with E-state index in [1.807, 2.05) is 24.3 Å². The smallest absolute Gasteiger partial charge is 0.296 e. The Morgan fingerprint density at radius 3 is 2.94 bits per heavy atom. The quantitative estimate of drug-likeness (QED) is 0.618. The monoisotopic (exact) mass is 246 g/mol. The van der Waals surface area contributed by atoms with E-state index in [2.05, 4.69) is 10.4 Å². The van der Waals surface area contributed by atoms with Gasteiger partial charge in [-0.3, -0.25) is 5.73 Å². The summed E-state index contributed by atoms with van der Waals surface area (Å²) in [5.41, 5.74) is 6.41. The first-order valence-electron chi connectivity index (χ1n) is 5.42. The zero-order valence-corrected chi connectivity index (χ0v) is 9.96. The molecule has 0 unspecified atom stereocenters. The lowest BCUT2D eigenvalue weighted by molar-refractivity contribution is -0.653. The average molecular weight is 246 g/mol. The first-order chi connectivity index (χ1) is 8.69. The first kappa shape index (κ1) is 12.0. The molecule has 94 valence electrons. The van der Waals surface area contributed by atoms with Gasteiger partial charge in [0.25, 0.3) is 5.82 Å². The zero-order valence-electron chi connectivity index (χ0n) is 9.96. The fourth-order valence-electron chi connectivity index (χ4n) is 1.49. The summed E-state index contributed by atoms with van der Waals surface area (Å²) < 4.78 is 5.13. The summed E-state index contributed by atoms with van der Waals surface area (Å²) in [4.78, 5) is 0.383. The van der Waals surface area contributed by atoms with E-state index >= 15 is 0 Å². The second-order valence-electron chi connectivity index (χ2n) is 3.72. The van der Waals surface area contributed by atoms with Gasteiger partial charge in [0, 0.05) is 12.6 Å². The molecule has 0 atom stereocenters. The summed E-state index contributed by atoms with van der Waals surface area (Å²) in [5, 5.41) is 17.9. The van der Waals surface area contributed by atoms with Gasteiger partial charge in [0.05, 0.1) is 7.11 Å². The highest BCUT2D eigenvalue weighted by atomic mass is 16.5. The van der Waals surface area contributed by atoms with Crippen molar-refractivity contribution in [1.29, 1.82) is 0 Å². The van der Waals surface area contributed by atoms with Gasteiger partial charge in [0.2, 0.25) is 0 Å². The number of benzene rings is 1. The van der Waals surface area contributed by atoms with Crippen molar-refractivity contribution < 1.29 is 9.58 Å². The van der Waals surface area contributed by atoms with Crippen molar-refractivity contribution in [2.45, 2.75) is 6.54 Å². The molecule has 0 amide bonds. The first-order valence-corrected chi connectivity index (χ1v) is 5.42. The van der Waals surface area contributed by atoms with E-state index < -0.39 is 0 Å². The van der Waals surface area contributed by atoms with Gasteiger partial charge >= 0.3 is 0 Å². The predicted molar refractivity (Wildman–Crippen MR) is 67.9 cm³/mol. The molecule has 0 aliphatic carbocycles. The molecule has 1 aromatic carbocycles. The number of hydrogen-bond acceptors (Lipinski definition) is 5. The summed E-state index contributed by atoms with van der Waals surface area (Å²) >= 11 is 0. The Labute approximate surface area is 105 Å². The molecule has 0 aliphatic heterocycles. The molecule has 2 aromatic rings. The highest BCUT2D eigenvalue weighted by Gasteiger charge is 2.01. The van der Waals surface area contributed by atoms with Crippen LogP contribution in [0.5, 0.6) is 5.75 Å². The average Bonchev–Trinajstić information content (AvgIpc) is 2.40. The zero-order chi connectivity index (χ0) is 13.0. The Bertz CT molecular complexity index is 545. The molecule has 0 bridgehead atoms. The van der Waals surface area contributed by atoms with E-state index in [0.29, 0.717) is 17.2 Å². The van der Waals surface area contributed by atoms with E-state index in [4.69, 9.17) is 10.5 Å². The van der Waals surface area contributed by atoms with Gasteiger partial charge < -0.3 is 15.3 Å². The Morgan fingerprint density at radius 1 is 1.39 bits per heavy atom. The van der Waals surface area contributed by atoms with Gasteiger partial charge in [-0.05, 0) is 23.8 Å². The van der Waals surface area contributed by atoms with Crippen molar-refractivity contribution in [1.82, 2.24) is 5.10 Å². The van der Waals surface area contributed by atoms with Crippen molar-refractivity contribution in [3.63, 3.8) is 0 Å². The molecule has 6 heteroatoms. The summed E-state index contributed by atoms with van der Waals surface area (Å²) in [6, 6.07) is 10.8. The fourth-order valence-corrected chi connectivity index (χ4v) is 1.49. The number of hydrogen-bond donors (Lipinski definition) is 2. The second kappa shape index (κ2) is 5.22. The minimum absolute atomic E-state index is 0.0712. The number of aromatic nitrogens is 2. The molecule has 0 fully saturated rings. The van der Waals surface area contributed by atoms with Crippen LogP contribution in [0.3, 0.4) is 0 Å². The van der Waals surface area contributed by atoms with Crippen molar-refractivity contribution in [2.24, 2.45) is 0 Å². The molecule has 1 heterocycles. The summed E-state index contributed by atoms with van der Waals surface area (Å²) in [6.07, 6.45) is 0. The Hall–Kier alpha value is -2.50. The number of nitrogen functional groups attached to an aromatic ring is 1. The summed E-state index contributed by atoms with van der Waals surface area (Å²) in [6.45, 7) is 0.550. The third-order valence-corrected chi connectivity index (χ3v) is 2.44. The molecule has 1 aromatic heterocycles. The molecule has 0 aliphatic rings. The van der Waals surface area contributed by atoms with Crippen LogP contribution in [0.2, 0.25) is 0 Å². The Morgan fingerprint density at radius 2 is 2.22 bits per heavy atom. The topological polar surface area (TPSA) is 87.1 Å². The van der Waals surface area contributed by atoms with E-state index in [1.54, 1.807) is 13.2 Å². The van der Waals surface area contributed by atoms with Gasteiger partial charge in [-0.1, -0.05) is 17.2 Å². The van der Waals surface area contributed by atoms with Gasteiger partial charge in [-0.2, -0.15) is 0 Å². The number of nitrogens with two attached hydrogens (primary N) is 1. The molecule has 0 saturated carbocycles. The molecular weight excluding hydrogens is 232 g/mol. The molecule has 6 nitrogen and oxygen atoms in total. The maximum atomic E-state index is 11.2. The van der Waals surface area contributed by atoms with Gasteiger partial charge in [-0.25, -0.2) is 0 Å². The van der Waals surface area contributed by atoms with Crippen LogP contribution in [-0.4, -0.2) is 12.2 Å². The lowest BCUT2D eigenvalue weighted by Gasteiger charge is -2.08. The van der Waals surface area contributed by atoms with Crippen LogP contribution < -0.4 is 20.6 Å². The summed E-state index contributed by atoms with van der Waals surface area (Å²) in [5.74, 6) is 1.34. The van der Waals surface area contributed by atoms with Crippen molar-refractivity contribution in [3.8, 4) is 5.75 Å². The molecule has 0 spiro atoms. The molecule has 18 heavy (non-hydrogen) atoms. The van der Waals surface area contributed by atoms with Crippen LogP contribution in [0.4, 0.5) is 11.6 Å². The fraction of sp³-hybridized carbons (Fsp3) is 0.167. The van der Waals surface area contributed by atoms with Crippen LogP contribution in [-0.2, 0) is 6.54 Å². The molecule has 0 radical (unpaired) electrons. The molecule has 2 rings (SSSR count). The van der Waals surface area contributed by atoms with Gasteiger partial charge in [0.1, 0.15) is 5.75 Å². The van der Waals surface area contributed by atoms with Crippen molar-refractivity contribution >= 4 is 11.6 Å². The lowest BCUT2D eigenvalue weighted by atomic mass is 10.2. The van der Waals surface area contributed by atoms with Crippen LogP contribution in [0.25, 0.3) is 0 Å². The highest BCUT2D eigenvalue weighted by molar-refractivity contribution is 5.37. The second-order valence-corrected chi connectivity index (χ2v) is 3.72. The van der Waals surface area contributed by atoms with E-state index in [1.165, 1.54) is 6.07 Å². The Balaban J connectivity index is 2.04. The molecular formula is C12H14N4O2. The van der Waals surface area contributed by atoms with Gasteiger partial charge in [0.15, 0.2) is 5.82 Å². The number of nitrogens with one attached hydrogen (secondary N) is 1. The molecule has 0 saturated heterocycles. The van der Waals surface area contributed by atoms with E-state index in [0.717, 1.165) is 11.3 Å². The van der Waals surface area contributed by atoms with Crippen molar-refractivity contribution in [3.05, 3.63) is 47.2 Å². The number of anilines is 2. The van der Waals surface area contributed by atoms with E-state index in [-0.39, 0.29) is 5.82 Å². The van der Waals surface area contributed by atoms with Crippen LogP contribution in [0, 0.1) is 5.21 Å². The highest BCUT2D eigenvalue weighted by Crippen LogP contribution is 2.13. The SMILES string of the molecule is COc1cccc(CNc2ccc(N)[n+]([O-])n2)c1. The van der Waals surface area contributed by atoms with E-state index in [9.17, 15) is 5.21 Å². The van der Waals surface area contributed by atoms with Gasteiger partial charge in [-0.15, -0.1) is 4.85 Å². The minimum Gasteiger partial charge on any atom is -0.691 e.